The first kappa shape index (κ1) is 35.6. The van der Waals surface area contributed by atoms with Gasteiger partial charge in [-0.15, -0.1) is 0 Å². The first-order valence-corrected chi connectivity index (χ1v) is 19.0. The van der Waals surface area contributed by atoms with E-state index in [4.69, 9.17) is 19.4 Å². The highest BCUT2D eigenvalue weighted by Gasteiger charge is 2.52. The van der Waals surface area contributed by atoms with Crippen LogP contribution in [0, 0.1) is 17.8 Å². The van der Waals surface area contributed by atoms with E-state index in [9.17, 15) is 19.2 Å². The summed E-state index contributed by atoms with van der Waals surface area (Å²) in [5.41, 5.74) is 5.92. The lowest BCUT2D eigenvalue weighted by molar-refractivity contribution is -0.148. The predicted octanol–water partition coefficient (Wildman–Crippen LogP) is 6.18. The van der Waals surface area contributed by atoms with E-state index >= 15 is 0 Å². The van der Waals surface area contributed by atoms with Crippen LogP contribution in [0.1, 0.15) is 82.5 Å². The summed E-state index contributed by atoms with van der Waals surface area (Å²) in [5, 5.41) is 2.62. The van der Waals surface area contributed by atoms with Gasteiger partial charge in [0, 0.05) is 18.0 Å². The number of benzene rings is 2. The molecule has 8 atom stereocenters. The number of carbonyl (C=O) groups is 4. The number of methoxy groups -OCH3 is 2. The maximum atomic E-state index is 13.5. The zero-order valence-electron chi connectivity index (χ0n) is 31.1. The highest BCUT2D eigenvalue weighted by molar-refractivity contribution is 5.86. The van der Waals surface area contributed by atoms with Crippen molar-refractivity contribution in [2.45, 2.75) is 89.0 Å². The van der Waals surface area contributed by atoms with E-state index in [1.165, 1.54) is 14.2 Å². The van der Waals surface area contributed by atoms with Gasteiger partial charge < -0.3 is 34.6 Å². The van der Waals surface area contributed by atoms with Gasteiger partial charge in [-0.2, -0.15) is 0 Å². The van der Waals surface area contributed by atoms with Gasteiger partial charge in [0.15, 0.2) is 0 Å². The number of H-pyrrole nitrogens is 2. The van der Waals surface area contributed by atoms with Crippen molar-refractivity contribution in [3.63, 3.8) is 0 Å². The second-order valence-electron chi connectivity index (χ2n) is 15.4. The minimum atomic E-state index is -0.697. The molecule has 4 aliphatic rings. The van der Waals surface area contributed by atoms with Crippen molar-refractivity contribution in [2.75, 3.05) is 14.2 Å². The van der Waals surface area contributed by atoms with E-state index in [2.05, 4.69) is 63.8 Å². The summed E-state index contributed by atoms with van der Waals surface area (Å²) in [5.74, 6) is 1.28. The number of ether oxygens (including phenoxy) is 2. The van der Waals surface area contributed by atoms with Gasteiger partial charge in [-0.1, -0.05) is 55.5 Å². The molecular formula is C41H47N7O6. The van der Waals surface area contributed by atoms with Crippen LogP contribution in [0.4, 0.5) is 4.79 Å². The molecule has 2 aliphatic carbocycles. The van der Waals surface area contributed by atoms with Gasteiger partial charge >= 0.3 is 12.1 Å². The normalized spacial score (nSPS) is 25.1. The van der Waals surface area contributed by atoms with Gasteiger partial charge in [-0.3, -0.25) is 14.4 Å². The van der Waals surface area contributed by atoms with Gasteiger partial charge in [0.25, 0.3) is 0 Å². The molecule has 0 spiro atoms. The lowest BCUT2D eigenvalue weighted by atomic mass is 9.96. The summed E-state index contributed by atoms with van der Waals surface area (Å²) in [6.45, 7) is 3.49. The number of aromatic amines is 2. The molecule has 3 amide bonds. The fourth-order valence-corrected chi connectivity index (χ4v) is 9.46. The van der Waals surface area contributed by atoms with Gasteiger partial charge in [0.2, 0.25) is 11.8 Å². The van der Waals surface area contributed by atoms with Crippen molar-refractivity contribution in [3.05, 3.63) is 72.6 Å². The summed E-state index contributed by atoms with van der Waals surface area (Å²) in [6.07, 6.45) is 9.07. The number of amides is 3. The number of rotatable bonds is 10. The zero-order chi connectivity index (χ0) is 37.7. The summed E-state index contributed by atoms with van der Waals surface area (Å²) in [7, 11) is 2.64. The first-order chi connectivity index (χ1) is 26.1. The van der Waals surface area contributed by atoms with E-state index in [1.54, 1.807) is 13.8 Å². The van der Waals surface area contributed by atoms with Crippen LogP contribution < -0.4 is 5.32 Å². The van der Waals surface area contributed by atoms with Gasteiger partial charge in [0.1, 0.15) is 17.7 Å². The van der Waals surface area contributed by atoms with E-state index in [0.29, 0.717) is 11.8 Å². The van der Waals surface area contributed by atoms with Gasteiger partial charge in [-0.05, 0) is 79.5 Å². The fraction of sp³-hybridized carbons (Fsp3) is 0.463. The van der Waals surface area contributed by atoms with Crippen molar-refractivity contribution < 1.29 is 28.7 Å². The molecule has 54 heavy (non-hydrogen) atoms. The molecule has 2 saturated carbocycles. The van der Waals surface area contributed by atoms with Crippen LogP contribution in [0.2, 0.25) is 0 Å². The number of nitrogens with one attached hydrogen (secondary N) is 3. The SMILES string of the molecule is COC(=O)C[C@@H](C)C(=O)N1[C@@H]2CC[C@@H](C2)[C@H]1c1ncc(-c2ccc(-c3ccc(-c4cnc([C@@H]5[C@H]6CC[C@H](C6)N5C(=O)[C@H](C)NC(=O)OC)[nH]4)cc3)cc2)[nH]1. The zero-order valence-corrected chi connectivity index (χ0v) is 31.1. The van der Waals surface area contributed by atoms with Crippen LogP contribution in [-0.4, -0.2) is 86.0 Å². The van der Waals surface area contributed by atoms with Crippen LogP contribution in [0.25, 0.3) is 33.6 Å². The van der Waals surface area contributed by atoms with Crippen LogP contribution in [-0.2, 0) is 23.9 Å². The van der Waals surface area contributed by atoms with E-state index < -0.39 is 18.1 Å². The minimum Gasteiger partial charge on any atom is -0.469 e. The number of carbonyl (C=O) groups excluding carboxylic acids is 4. The Labute approximate surface area is 314 Å². The Bertz CT molecular complexity index is 1890. The first-order valence-electron chi connectivity index (χ1n) is 19.0. The van der Waals surface area contributed by atoms with Crippen LogP contribution >= 0.6 is 0 Å². The Kier molecular flexibility index (Phi) is 9.49. The number of fused-ring (bicyclic) bond motifs is 4. The van der Waals surface area contributed by atoms with Crippen molar-refractivity contribution in [3.8, 4) is 33.6 Å². The van der Waals surface area contributed by atoms with Crippen molar-refractivity contribution in [1.29, 1.82) is 0 Å². The van der Waals surface area contributed by atoms with Gasteiger partial charge in [-0.25, -0.2) is 14.8 Å². The predicted molar refractivity (Wildman–Crippen MR) is 199 cm³/mol. The molecule has 4 bridgehead atoms. The number of likely N-dealkylation sites (tertiary alicyclic amines) is 2. The Morgan fingerprint density at radius 2 is 1.17 bits per heavy atom. The maximum Gasteiger partial charge on any atom is 0.407 e. The molecule has 4 heterocycles. The summed E-state index contributed by atoms with van der Waals surface area (Å²) in [4.78, 5) is 71.1. The summed E-state index contributed by atoms with van der Waals surface area (Å²) < 4.78 is 9.52. The average Bonchev–Trinajstić information content (AvgIpc) is 4.06. The largest absolute Gasteiger partial charge is 0.469 e. The van der Waals surface area contributed by atoms with Crippen LogP contribution in [0.5, 0.6) is 0 Å². The second kappa shape index (κ2) is 14.4. The Balaban J connectivity index is 0.941. The van der Waals surface area contributed by atoms with Crippen molar-refractivity contribution in [1.82, 2.24) is 35.1 Å². The Morgan fingerprint density at radius 1 is 0.704 bits per heavy atom. The molecule has 4 fully saturated rings. The Hall–Kier alpha value is -5.46. The molecule has 13 heteroatoms. The van der Waals surface area contributed by atoms with E-state index in [-0.39, 0.29) is 48.4 Å². The second-order valence-corrected chi connectivity index (χ2v) is 15.4. The molecule has 3 N–H and O–H groups in total. The Morgan fingerprint density at radius 3 is 1.63 bits per heavy atom. The topological polar surface area (TPSA) is 163 Å². The average molecular weight is 734 g/mol. The third-order valence-electron chi connectivity index (χ3n) is 12.2. The lowest BCUT2D eigenvalue weighted by Gasteiger charge is -2.36. The molecule has 2 aromatic carbocycles. The number of piperidine rings is 2. The number of hydrogen-bond donors (Lipinski definition) is 3. The van der Waals surface area contributed by atoms with E-state index in [1.807, 2.05) is 22.2 Å². The number of alkyl carbamates (subject to hydrolysis) is 1. The molecule has 0 unspecified atom stereocenters. The maximum absolute atomic E-state index is 13.5. The quantitative estimate of drug-likeness (QED) is 0.163. The lowest BCUT2D eigenvalue weighted by Crippen LogP contribution is -2.50. The molecule has 4 aromatic rings. The number of nitrogens with zero attached hydrogens (tertiary/aromatic N) is 4. The molecule has 2 aliphatic heterocycles. The monoisotopic (exact) mass is 733 g/mol. The molecule has 13 nitrogen and oxygen atoms in total. The van der Waals surface area contributed by atoms with Crippen molar-refractivity contribution >= 4 is 23.9 Å². The molecule has 8 rings (SSSR count). The molecule has 2 saturated heterocycles. The molecule has 0 radical (unpaired) electrons. The third kappa shape index (κ3) is 6.43. The highest BCUT2D eigenvalue weighted by Crippen LogP contribution is 2.51. The number of esters is 1. The van der Waals surface area contributed by atoms with Crippen LogP contribution in [0.15, 0.2) is 60.9 Å². The van der Waals surface area contributed by atoms with Crippen molar-refractivity contribution in [2.24, 2.45) is 17.8 Å². The third-order valence-corrected chi connectivity index (χ3v) is 12.2. The fourth-order valence-electron chi connectivity index (χ4n) is 9.46. The number of hydrogen-bond acceptors (Lipinski definition) is 8. The smallest absolute Gasteiger partial charge is 0.407 e. The highest BCUT2D eigenvalue weighted by atomic mass is 16.5. The molecular weight excluding hydrogens is 686 g/mol. The standard InChI is InChI=1S/C41H47N7O6/c1-22(17-34(49)53-3)39(50)47-30-15-13-28(18-30)35(47)37-42-20-32(45-37)26-9-5-24(6-10-26)25-7-11-27(12-8-25)33-21-43-38(46-33)36-29-14-16-31(19-29)48(36)40(51)23(2)44-41(52)54-4/h5-12,20-23,28-31,35-36H,13-19H2,1-4H3,(H,42,45)(H,43,46)(H,44,52)/t22-,23+,28+,29+,30-,31-,35+,36+/m1/s1. The minimum absolute atomic E-state index is 0.0147. The summed E-state index contributed by atoms with van der Waals surface area (Å²) >= 11 is 0. The van der Waals surface area contributed by atoms with E-state index in [0.717, 1.165) is 83.8 Å². The number of imidazole rings is 2. The molecule has 2 aromatic heterocycles. The van der Waals surface area contributed by atoms with Gasteiger partial charge in [0.05, 0.1) is 56.5 Å². The summed E-state index contributed by atoms with van der Waals surface area (Å²) in [6, 6.07) is 16.0. The van der Waals surface area contributed by atoms with Crippen LogP contribution in [0.3, 0.4) is 0 Å². The molecule has 282 valence electrons. The number of aromatic nitrogens is 4.